The summed E-state index contributed by atoms with van der Waals surface area (Å²) in [6.07, 6.45) is 1.56. The van der Waals surface area contributed by atoms with Gasteiger partial charge in [0.2, 0.25) is 0 Å². The molecule has 74 valence electrons. The molecule has 1 aromatic carbocycles. The predicted molar refractivity (Wildman–Crippen MR) is 57.9 cm³/mol. The maximum atomic E-state index is 11.4. The minimum Gasteiger partial charge on any atom is -0.464 e. The fraction of sp³-hybridized carbons (Fsp3) is 0. The average Bonchev–Trinajstić information content (AvgIpc) is 2.83. The van der Waals surface area contributed by atoms with E-state index in [0.29, 0.717) is 5.69 Å². The average molecular weight is 218 g/mol. The van der Waals surface area contributed by atoms with Crippen LogP contribution < -0.4 is 5.56 Å². The van der Waals surface area contributed by atoms with Crippen molar-refractivity contribution in [2.75, 3.05) is 0 Å². The second-order valence-corrected chi connectivity index (χ2v) is 3.68. The van der Waals surface area contributed by atoms with E-state index in [1.807, 2.05) is 24.3 Å². The quantitative estimate of drug-likeness (QED) is 0.681. The Balaban J connectivity index is 2.37. The Morgan fingerprint density at radius 2 is 2.20 bits per heavy atom. The molecule has 3 rings (SSSR count). The fourth-order valence-corrected chi connectivity index (χ4v) is 2.03. The Morgan fingerprint density at radius 3 is 3.00 bits per heavy atom. The van der Waals surface area contributed by atoms with E-state index < -0.39 is 0 Å². The van der Waals surface area contributed by atoms with Crippen LogP contribution in [0, 0.1) is 0 Å². The lowest BCUT2D eigenvalue weighted by molar-refractivity contribution is 0.617. The molecule has 0 fully saturated rings. The third-order valence-corrected chi connectivity index (χ3v) is 2.78. The van der Waals surface area contributed by atoms with Crippen LogP contribution >= 0.6 is 11.7 Å². The number of nitrogens with one attached hydrogen (secondary N) is 1. The Kier molecular flexibility index (Phi) is 1.72. The summed E-state index contributed by atoms with van der Waals surface area (Å²) in [7, 11) is 0. The predicted octanol–water partition coefficient (Wildman–Crippen LogP) is 2.24. The molecule has 0 saturated heterocycles. The van der Waals surface area contributed by atoms with Crippen molar-refractivity contribution in [1.29, 1.82) is 0 Å². The van der Waals surface area contributed by atoms with Crippen molar-refractivity contribution in [3.8, 4) is 11.3 Å². The van der Waals surface area contributed by atoms with E-state index in [2.05, 4.69) is 8.75 Å². The van der Waals surface area contributed by atoms with Crippen molar-refractivity contribution in [2.24, 2.45) is 0 Å². The fourth-order valence-electron chi connectivity index (χ4n) is 1.53. The van der Waals surface area contributed by atoms with E-state index in [1.54, 1.807) is 6.26 Å². The summed E-state index contributed by atoms with van der Waals surface area (Å²) >= 11 is 1.04. The number of rotatable bonds is 1. The minimum absolute atomic E-state index is 0.174. The van der Waals surface area contributed by atoms with Gasteiger partial charge < -0.3 is 4.42 Å². The zero-order chi connectivity index (χ0) is 10.3. The number of aromatic nitrogens is 2. The molecule has 0 spiro atoms. The van der Waals surface area contributed by atoms with Gasteiger partial charge in [0.05, 0.1) is 5.56 Å². The number of benzene rings is 1. The maximum absolute atomic E-state index is 11.4. The van der Waals surface area contributed by atoms with Crippen LogP contribution in [0.2, 0.25) is 0 Å². The Labute approximate surface area is 88.5 Å². The molecule has 0 atom stereocenters. The highest BCUT2D eigenvalue weighted by Gasteiger charge is 2.12. The largest absolute Gasteiger partial charge is 0.464 e. The van der Waals surface area contributed by atoms with Crippen LogP contribution in [0.5, 0.6) is 0 Å². The van der Waals surface area contributed by atoms with Crippen molar-refractivity contribution in [3.63, 3.8) is 0 Å². The van der Waals surface area contributed by atoms with Gasteiger partial charge in [0.25, 0.3) is 5.56 Å². The molecule has 2 heterocycles. The first-order valence-corrected chi connectivity index (χ1v) is 5.14. The van der Waals surface area contributed by atoms with Gasteiger partial charge in [0.1, 0.15) is 11.8 Å². The standard InChI is InChI=1S/C10H6N2O2S/c13-10-9(11-15-12-10)7-5-14-8-4-2-1-3-6(7)8/h1-5H,(H,12,13). The molecule has 0 unspecified atom stereocenters. The highest BCUT2D eigenvalue weighted by molar-refractivity contribution is 6.99. The minimum atomic E-state index is -0.174. The van der Waals surface area contributed by atoms with Crippen LogP contribution in [-0.4, -0.2) is 8.75 Å². The zero-order valence-corrected chi connectivity index (χ0v) is 8.38. The topological polar surface area (TPSA) is 58.9 Å². The van der Waals surface area contributed by atoms with Crippen LogP contribution in [0.15, 0.2) is 39.7 Å². The molecule has 1 N–H and O–H groups in total. The second-order valence-electron chi connectivity index (χ2n) is 3.11. The summed E-state index contributed by atoms with van der Waals surface area (Å²) in [5, 5.41) is 0.911. The first-order valence-electron chi connectivity index (χ1n) is 4.37. The van der Waals surface area contributed by atoms with Gasteiger partial charge >= 0.3 is 0 Å². The van der Waals surface area contributed by atoms with Crippen molar-refractivity contribution in [1.82, 2.24) is 8.75 Å². The SMILES string of the molecule is O=c1[nH]snc1-c1coc2ccccc12. The normalized spacial score (nSPS) is 10.9. The molecule has 0 bridgehead atoms. The molecule has 4 nitrogen and oxygen atoms in total. The number of hydrogen-bond donors (Lipinski definition) is 1. The summed E-state index contributed by atoms with van der Waals surface area (Å²) < 4.78 is 11.9. The van der Waals surface area contributed by atoms with Crippen LogP contribution in [0.3, 0.4) is 0 Å². The van der Waals surface area contributed by atoms with E-state index >= 15 is 0 Å². The first-order chi connectivity index (χ1) is 7.36. The van der Waals surface area contributed by atoms with Gasteiger partial charge in [-0.05, 0) is 6.07 Å². The van der Waals surface area contributed by atoms with Crippen molar-refractivity contribution >= 4 is 22.7 Å². The van der Waals surface area contributed by atoms with Crippen molar-refractivity contribution in [2.45, 2.75) is 0 Å². The molecule has 3 aromatic rings. The van der Waals surface area contributed by atoms with Crippen molar-refractivity contribution < 1.29 is 4.42 Å². The molecule has 0 aliphatic carbocycles. The highest BCUT2D eigenvalue weighted by Crippen LogP contribution is 2.27. The molecule has 0 aliphatic rings. The van der Waals surface area contributed by atoms with Gasteiger partial charge in [0.15, 0.2) is 5.69 Å². The van der Waals surface area contributed by atoms with Gasteiger partial charge in [-0.25, -0.2) is 0 Å². The van der Waals surface area contributed by atoms with Crippen LogP contribution in [0.4, 0.5) is 0 Å². The van der Waals surface area contributed by atoms with Gasteiger partial charge in [-0.2, -0.15) is 4.37 Å². The summed E-state index contributed by atoms with van der Waals surface area (Å²) in [6, 6.07) is 7.56. The molecular weight excluding hydrogens is 212 g/mol. The lowest BCUT2D eigenvalue weighted by atomic mass is 10.1. The molecule has 0 amide bonds. The summed E-state index contributed by atoms with van der Waals surface area (Å²) in [5.41, 5.74) is 1.75. The van der Waals surface area contributed by atoms with E-state index in [1.165, 1.54) is 0 Å². The molecule has 0 aliphatic heterocycles. The van der Waals surface area contributed by atoms with Gasteiger partial charge in [-0.1, -0.05) is 18.2 Å². The third-order valence-electron chi connectivity index (χ3n) is 2.23. The van der Waals surface area contributed by atoms with Gasteiger partial charge in [-0.15, -0.1) is 0 Å². The zero-order valence-electron chi connectivity index (χ0n) is 7.56. The van der Waals surface area contributed by atoms with Crippen LogP contribution in [0.25, 0.3) is 22.2 Å². The first kappa shape index (κ1) is 8.43. The number of para-hydroxylation sites is 1. The number of fused-ring (bicyclic) bond motifs is 1. The lowest BCUT2D eigenvalue weighted by Gasteiger charge is -1.89. The summed E-state index contributed by atoms with van der Waals surface area (Å²) in [5.74, 6) is 0. The monoisotopic (exact) mass is 218 g/mol. The summed E-state index contributed by atoms with van der Waals surface area (Å²) in [6.45, 7) is 0. The Bertz CT molecular complexity index is 665. The van der Waals surface area contributed by atoms with Crippen molar-refractivity contribution in [3.05, 3.63) is 40.9 Å². The lowest BCUT2D eigenvalue weighted by Crippen LogP contribution is -2.00. The number of H-pyrrole nitrogens is 1. The number of furan rings is 1. The highest BCUT2D eigenvalue weighted by atomic mass is 32.1. The second kappa shape index (κ2) is 3.06. The molecule has 0 radical (unpaired) electrons. The van der Waals surface area contributed by atoms with E-state index in [9.17, 15) is 4.79 Å². The molecule has 15 heavy (non-hydrogen) atoms. The molecule has 2 aromatic heterocycles. The van der Waals surface area contributed by atoms with E-state index in [0.717, 1.165) is 28.3 Å². The number of nitrogens with zero attached hydrogens (tertiary/aromatic N) is 1. The Morgan fingerprint density at radius 1 is 1.33 bits per heavy atom. The Hall–Kier alpha value is -1.88. The van der Waals surface area contributed by atoms with Gasteiger partial charge in [0, 0.05) is 17.1 Å². The number of aromatic amines is 1. The smallest absolute Gasteiger partial charge is 0.286 e. The molecule has 0 saturated carbocycles. The molecular formula is C10H6N2O2S. The maximum Gasteiger partial charge on any atom is 0.286 e. The summed E-state index contributed by atoms with van der Waals surface area (Å²) in [4.78, 5) is 11.4. The van der Waals surface area contributed by atoms with E-state index in [-0.39, 0.29) is 5.56 Å². The van der Waals surface area contributed by atoms with E-state index in [4.69, 9.17) is 4.42 Å². The van der Waals surface area contributed by atoms with Gasteiger partial charge in [-0.3, -0.25) is 9.17 Å². The molecule has 5 heteroatoms. The number of hydrogen-bond acceptors (Lipinski definition) is 4. The third kappa shape index (κ3) is 1.20. The van der Waals surface area contributed by atoms with Crippen LogP contribution in [0.1, 0.15) is 0 Å². The van der Waals surface area contributed by atoms with Crippen LogP contribution in [-0.2, 0) is 0 Å².